The zero-order valence-corrected chi connectivity index (χ0v) is 17.5. The van der Waals surface area contributed by atoms with Crippen LogP contribution in [0.15, 0.2) is 11.8 Å². The number of hydrogen-bond donors (Lipinski definition) is 0. The van der Waals surface area contributed by atoms with Gasteiger partial charge in [0.1, 0.15) is 12.2 Å². The van der Waals surface area contributed by atoms with Crippen molar-refractivity contribution in [3.05, 3.63) is 11.8 Å². The first-order valence-corrected chi connectivity index (χ1v) is 7.94. The SMILES string of the molecule is COCCO/C=C(\CC1(C(=O)[O-])CCCC1)C(=O)OC(C)(C)C.[Na+]. The first-order chi connectivity index (χ1) is 10.7. The Morgan fingerprint density at radius 2 is 1.75 bits per heavy atom. The smallest absolute Gasteiger partial charge is 0.550 e. The van der Waals surface area contributed by atoms with Crippen LogP contribution in [-0.4, -0.2) is 37.9 Å². The summed E-state index contributed by atoms with van der Waals surface area (Å²) in [6, 6.07) is 0. The summed E-state index contributed by atoms with van der Waals surface area (Å²) < 4.78 is 15.5. The van der Waals surface area contributed by atoms with Crippen molar-refractivity contribution in [1.29, 1.82) is 0 Å². The zero-order valence-electron chi connectivity index (χ0n) is 15.5. The second-order valence-corrected chi connectivity index (χ2v) is 6.96. The van der Waals surface area contributed by atoms with Crippen molar-refractivity contribution in [3.63, 3.8) is 0 Å². The predicted molar refractivity (Wildman–Crippen MR) is 82.3 cm³/mol. The Morgan fingerprint density at radius 3 is 2.21 bits per heavy atom. The van der Waals surface area contributed by atoms with Crippen molar-refractivity contribution in [1.82, 2.24) is 0 Å². The van der Waals surface area contributed by atoms with Crippen molar-refractivity contribution < 1.29 is 58.5 Å². The van der Waals surface area contributed by atoms with Crippen LogP contribution in [0.25, 0.3) is 0 Å². The van der Waals surface area contributed by atoms with Crippen LogP contribution in [0, 0.1) is 5.41 Å². The molecule has 0 spiro atoms. The van der Waals surface area contributed by atoms with E-state index in [1.54, 1.807) is 27.9 Å². The van der Waals surface area contributed by atoms with E-state index < -0.39 is 23.0 Å². The van der Waals surface area contributed by atoms with Gasteiger partial charge in [-0.3, -0.25) is 0 Å². The van der Waals surface area contributed by atoms with E-state index in [0.29, 0.717) is 19.4 Å². The summed E-state index contributed by atoms with van der Waals surface area (Å²) in [6.07, 6.45) is 4.02. The summed E-state index contributed by atoms with van der Waals surface area (Å²) in [4.78, 5) is 24.0. The molecule has 0 aromatic carbocycles. The molecule has 0 radical (unpaired) electrons. The maximum Gasteiger partial charge on any atom is 1.00 e. The fourth-order valence-corrected chi connectivity index (χ4v) is 2.67. The van der Waals surface area contributed by atoms with E-state index in [2.05, 4.69) is 0 Å². The van der Waals surface area contributed by atoms with Crippen LogP contribution in [0.2, 0.25) is 0 Å². The van der Waals surface area contributed by atoms with Gasteiger partial charge in [0.25, 0.3) is 0 Å². The number of carboxylic acids is 1. The van der Waals surface area contributed by atoms with Gasteiger partial charge >= 0.3 is 35.5 Å². The molecule has 1 fully saturated rings. The minimum Gasteiger partial charge on any atom is -0.550 e. The molecule has 1 aliphatic rings. The molecule has 24 heavy (non-hydrogen) atoms. The summed E-state index contributed by atoms with van der Waals surface area (Å²) in [5.41, 5.74) is -1.44. The second kappa shape index (κ2) is 10.4. The van der Waals surface area contributed by atoms with Crippen molar-refractivity contribution in [2.24, 2.45) is 5.41 Å². The number of aliphatic carboxylic acids is 1. The Morgan fingerprint density at radius 1 is 1.17 bits per heavy atom. The Hall–Kier alpha value is -0.560. The molecule has 0 aliphatic heterocycles. The molecule has 1 saturated carbocycles. The Balaban J connectivity index is 0.00000529. The molecule has 0 aromatic rings. The van der Waals surface area contributed by atoms with E-state index in [1.165, 1.54) is 6.26 Å². The summed E-state index contributed by atoms with van der Waals surface area (Å²) in [5.74, 6) is -1.66. The van der Waals surface area contributed by atoms with Gasteiger partial charge in [0.05, 0.1) is 18.4 Å². The van der Waals surface area contributed by atoms with Gasteiger partial charge in [-0.15, -0.1) is 0 Å². The third kappa shape index (κ3) is 7.55. The van der Waals surface area contributed by atoms with Crippen LogP contribution in [-0.2, 0) is 23.8 Å². The largest absolute Gasteiger partial charge is 1.00 e. The quantitative estimate of drug-likeness (QED) is 0.176. The fourth-order valence-electron chi connectivity index (χ4n) is 2.67. The molecule has 0 atom stereocenters. The van der Waals surface area contributed by atoms with E-state index in [9.17, 15) is 14.7 Å². The average molecular weight is 350 g/mol. The van der Waals surface area contributed by atoms with Crippen molar-refractivity contribution >= 4 is 11.9 Å². The fraction of sp³-hybridized carbons (Fsp3) is 0.765. The Bertz CT molecular complexity index is 446. The molecular formula is C17H27NaO6. The van der Waals surface area contributed by atoms with E-state index in [1.807, 2.05) is 0 Å². The third-order valence-corrected chi connectivity index (χ3v) is 3.81. The maximum atomic E-state index is 12.4. The van der Waals surface area contributed by atoms with Crippen molar-refractivity contribution in [3.8, 4) is 0 Å². The maximum absolute atomic E-state index is 12.4. The number of rotatable bonds is 8. The minimum atomic E-state index is -1.11. The van der Waals surface area contributed by atoms with Gasteiger partial charge in [0, 0.05) is 18.5 Å². The molecule has 132 valence electrons. The number of carbonyl (C=O) groups excluding carboxylic acids is 2. The minimum absolute atomic E-state index is 0. The summed E-state index contributed by atoms with van der Waals surface area (Å²) in [6.45, 7) is 5.94. The van der Waals surface area contributed by atoms with E-state index in [4.69, 9.17) is 14.2 Å². The number of hydrogen-bond acceptors (Lipinski definition) is 6. The van der Waals surface area contributed by atoms with E-state index in [-0.39, 0.29) is 48.2 Å². The van der Waals surface area contributed by atoms with Gasteiger partial charge in [0.2, 0.25) is 0 Å². The van der Waals surface area contributed by atoms with Crippen LogP contribution < -0.4 is 34.7 Å². The average Bonchev–Trinajstić information content (AvgIpc) is 2.90. The Labute approximate surface area is 166 Å². The van der Waals surface area contributed by atoms with Crippen LogP contribution in [0.1, 0.15) is 52.9 Å². The standard InChI is InChI=1S/C17H28O6.Na/c1-16(2,3)23-14(18)13(12-22-10-9-21-4)11-17(15(19)20)7-5-6-8-17;/h12H,5-11H2,1-4H3,(H,19,20);/q;+1/p-1/b13-12+;. The molecule has 0 N–H and O–H groups in total. The molecule has 0 aromatic heterocycles. The number of ether oxygens (including phenoxy) is 3. The van der Waals surface area contributed by atoms with Crippen molar-refractivity contribution in [2.75, 3.05) is 20.3 Å². The van der Waals surface area contributed by atoms with Crippen LogP contribution in [0.3, 0.4) is 0 Å². The normalized spacial score (nSPS) is 17.1. The topological polar surface area (TPSA) is 84.9 Å². The van der Waals surface area contributed by atoms with Gasteiger partial charge in [-0.05, 0) is 40.0 Å². The number of methoxy groups -OCH3 is 1. The molecule has 6 nitrogen and oxygen atoms in total. The second-order valence-electron chi connectivity index (χ2n) is 6.96. The number of esters is 1. The third-order valence-electron chi connectivity index (χ3n) is 3.81. The summed E-state index contributed by atoms with van der Waals surface area (Å²) in [5, 5.41) is 11.6. The molecular weight excluding hydrogens is 323 g/mol. The van der Waals surface area contributed by atoms with Gasteiger partial charge in [0.15, 0.2) is 0 Å². The molecule has 0 unspecified atom stereocenters. The zero-order chi connectivity index (χ0) is 17.5. The molecule has 1 rings (SSSR count). The molecule has 0 saturated heterocycles. The Kier molecular flexibility index (Phi) is 10.2. The van der Waals surface area contributed by atoms with Gasteiger partial charge in [-0.1, -0.05) is 12.8 Å². The summed E-state index contributed by atoms with van der Waals surface area (Å²) >= 11 is 0. The van der Waals surface area contributed by atoms with E-state index >= 15 is 0 Å². The van der Waals surface area contributed by atoms with E-state index in [0.717, 1.165) is 12.8 Å². The number of carbonyl (C=O) groups is 2. The van der Waals surface area contributed by atoms with Gasteiger partial charge in [-0.2, -0.15) is 0 Å². The molecule has 0 bridgehead atoms. The van der Waals surface area contributed by atoms with Gasteiger partial charge in [-0.25, -0.2) is 4.79 Å². The first-order valence-electron chi connectivity index (χ1n) is 7.94. The molecule has 1 aliphatic carbocycles. The molecule has 0 amide bonds. The van der Waals surface area contributed by atoms with Crippen LogP contribution >= 0.6 is 0 Å². The monoisotopic (exact) mass is 350 g/mol. The molecule has 0 heterocycles. The van der Waals surface area contributed by atoms with Crippen LogP contribution in [0.4, 0.5) is 0 Å². The van der Waals surface area contributed by atoms with Crippen molar-refractivity contribution in [2.45, 2.75) is 58.5 Å². The molecule has 7 heteroatoms. The number of carboxylic acid groups (broad SMARTS) is 1. The summed E-state index contributed by atoms with van der Waals surface area (Å²) in [7, 11) is 1.55. The predicted octanol–water partition coefficient (Wildman–Crippen LogP) is -1.42. The van der Waals surface area contributed by atoms with Gasteiger partial charge < -0.3 is 24.1 Å². The van der Waals surface area contributed by atoms with Crippen LogP contribution in [0.5, 0.6) is 0 Å². The first kappa shape index (κ1) is 23.4.